The van der Waals surface area contributed by atoms with Crippen molar-refractivity contribution in [1.82, 2.24) is 9.88 Å². The molecule has 2 heterocycles. The van der Waals surface area contributed by atoms with Gasteiger partial charge in [-0.3, -0.25) is 9.78 Å². The maximum absolute atomic E-state index is 11.7. The third-order valence-electron chi connectivity index (χ3n) is 7.97. The number of carbonyl (C=O) groups is 1. The Bertz CT molecular complexity index is 698. The molecule has 2 aliphatic carbocycles. The predicted octanol–water partition coefficient (Wildman–Crippen LogP) is 3.44. The first kappa shape index (κ1) is 19.8. The highest BCUT2D eigenvalue weighted by Crippen LogP contribution is 2.52. The van der Waals surface area contributed by atoms with E-state index in [4.69, 9.17) is 10.5 Å². The largest absolute Gasteiger partial charge is 0.373 e. The van der Waals surface area contributed by atoms with E-state index >= 15 is 0 Å². The number of hydrogen-bond donors (Lipinski definition) is 1. The highest BCUT2D eigenvalue weighted by atomic mass is 16.5. The van der Waals surface area contributed by atoms with Gasteiger partial charge >= 0.3 is 0 Å². The van der Waals surface area contributed by atoms with Crippen molar-refractivity contribution >= 4 is 5.91 Å². The smallest absolute Gasteiger partial charge is 0.267 e. The van der Waals surface area contributed by atoms with Crippen LogP contribution in [-0.2, 0) is 10.3 Å². The highest BCUT2D eigenvalue weighted by molar-refractivity contribution is 5.90. The topological polar surface area (TPSA) is 68.5 Å². The Hall–Kier alpha value is -1.46. The molecular weight excluding hydrogens is 350 g/mol. The van der Waals surface area contributed by atoms with Gasteiger partial charge in [0.25, 0.3) is 5.91 Å². The van der Waals surface area contributed by atoms with Crippen molar-refractivity contribution in [2.24, 2.45) is 35.3 Å². The molecule has 5 heteroatoms. The van der Waals surface area contributed by atoms with Gasteiger partial charge < -0.3 is 15.4 Å². The van der Waals surface area contributed by atoms with Crippen molar-refractivity contribution in [3.63, 3.8) is 0 Å². The zero-order valence-electron chi connectivity index (χ0n) is 17.6. The Balaban J connectivity index is 1.57. The van der Waals surface area contributed by atoms with Gasteiger partial charge in [-0.25, -0.2) is 0 Å². The van der Waals surface area contributed by atoms with Crippen molar-refractivity contribution in [3.8, 4) is 0 Å². The van der Waals surface area contributed by atoms with Crippen molar-refractivity contribution in [3.05, 3.63) is 29.6 Å². The third kappa shape index (κ3) is 3.37. The average molecular weight is 386 g/mol. The standard InChI is InChI=1S/C23H35N3O2/c1-15-9-17(10-16(15)2)12-26-13-19-5-4-6-20(14-26)23(19,28-3)18-7-8-25-21(11-18)22(24)27/h7-8,11,15-17,19-20H,4-6,9-10,12-14H2,1-3H3,(H2,24,27)/t15-,16+,17?,19?,20?,23?. The highest BCUT2D eigenvalue weighted by Gasteiger charge is 2.53. The van der Waals surface area contributed by atoms with E-state index in [0.717, 1.165) is 36.4 Å². The summed E-state index contributed by atoms with van der Waals surface area (Å²) in [5.41, 5.74) is 6.59. The van der Waals surface area contributed by atoms with Crippen LogP contribution < -0.4 is 5.73 Å². The van der Waals surface area contributed by atoms with E-state index in [1.807, 2.05) is 19.2 Å². The summed E-state index contributed by atoms with van der Waals surface area (Å²) >= 11 is 0. The molecule has 0 aromatic carbocycles. The minimum Gasteiger partial charge on any atom is -0.373 e. The molecule has 5 atom stereocenters. The van der Waals surface area contributed by atoms with Gasteiger partial charge in [0.2, 0.25) is 0 Å². The molecule has 1 amide bonds. The fraction of sp³-hybridized carbons (Fsp3) is 0.739. The van der Waals surface area contributed by atoms with Gasteiger partial charge in [-0.1, -0.05) is 20.3 Å². The van der Waals surface area contributed by atoms with Crippen LogP contribution in [0.2, 0.25) is 0 Å². The van der Waals surface area contributed by atoms with Gasteiger partial charge in [-0.05, 0) is 61.1 Å². The van der Waals surface area contributed by atoms with Crippen LogP contribution in [-0.4, -0.2) is 42.5 Å². The number of pyridine rings is 1. The summed E-state index contributed by atoms with van der Waals surface area (Å²) in [5, 5.41) is 0. The average Bonchev–Trinajstić information content (AvgIpc) is 2.98. The van der Waals surface area contributed by atoms with Gasteiger partial charge in [0.05, 0.1) is 0 Å². The molecule has 3 unspecified atom stereocenters. The van der Waals surface area contributed by atoms with Crippen molar-refractivity contribution in [2.75, 3.05) is 26.7 Å². The molecule has 4 rings (SSSR count). The number of nitrogens with zero attached hydrogens (tertiary/aromatic N) is 2. The quantitative estimate of drug-likeness (QED) is 0.843. The minimum absolute atomic E-state index is 0.321. The number of hydrogen-bond acceptors (Lipinski definition) is 4. The van der Waals surface area contributed by atoms with Gasteiger partial charge in [-0.15, -0.1) is 0 Å². The zero-order valence-corrected chi connectivity index (χ0v) is 17.6. The summed E-state index contributed by atoms with van der Waals surface area (Å²) in [4.78, 5) is 18.5. The summed E-state index contributed by atoms with van der Waals surface area (Å²) in [5.74, 6) is 2.98. The Labute approximate surface area is 169 Å². The second kappa shape index (κ2) is 7.75. The number of nitrogens with two attached hydrogens (primary N) is 1. The Morgan fingerprint density at radius 2 is 1.89 bits per heavy atom. The molecule has 2 bridgehead atoms. The first-order valence-electron chi connectivity index (χ1n) is 11.0. The maximum Gasteiger partial charge on any atom is 0.267 e. The zero-order chi connectivity index (χ0) is 19.9. The van der Waals surface area contributed by atoms with E-state index < -0.39 is 5.91 Å². The number of rotatable bonds is 5. The van der Waals surface area contributed by atoms with Gasteiger partial charge in [0.15, 0.2) is 0 Å². The lowest BCUT2D eigenvalue weighted by Crippen LogP contribution is -2.59. The number of likely N-dealkylation sites (tertiary alicyclic amines) is 1. The van der Waals surface area contributed by atoms with E-state index in [2.05, 4.69) is 23.7 Å². The maximum atomic E-state index is 11.7. The summed E-state index contributed by atoms with van der Waals surface area (Å²) < 4.78 is 6.31. The van der Waals surface area contributed by atoms with Crippen LogP contribution in [0.1, 0.15) is 62.0 Å². The summed E-state index contributed by atoms with van der Waals surface area (Å²) in [6.45, 7) is 8.21. The molecule has 154 valence electrons. The summed E-state index contributed by atoms with van der Waals surface area (Å²) in [6, 6.07) is 3.89. The van der Waals surface area contributed by atoms with Crippen LogP contribution in [0.3, 0.4) is 0 Å². The number of carbonyl (C=O) groups excluding carboxylic acids is 1. The fourth-order valence-electron chi connectivity index (χ4n) is 6.53. The lowest BCUT2D eigenvalue weighted by molar-refractivity contribution is -0.170. The fourth-order valence-corrected chi connectivity index (χ4v) is 6.53. The number of primary amides is 1. The number of fused-ring (bicyclic) bond motifs is 2. The predicted molar refractivity (Wildman–Crippen MR) is 110 cm³/mol. The van der Waals surface area contributed by atoms with Crippen molar-refractivity contribution < 1.29 is 9.53 Å². The Morgan fingerprint density at radius 1 is 1.25 bits per heavy atom. The van der Waals surface area contributed by atoms with Gasteiger partial charge in [0, 0.05) is 44.8 Å². The number of ether oxygens (including phenoxy) is 1. The SMILES string of the molecule is COC1(c2ccnc(C(N)=O)c2)C2CCCC1CN(CC1C[C@@H](C)[C@@H](C)C1)C2. The number of piperidine rings is 1. The van der Waals surface area contributed by atoms with Crippen LogP contribution in [0.5, 0.6) is 0 Å². The lowest BCUT2D eigenvalue weighted by atomic mass is 9.62. The number of methoxy groups -OCH3 is 1. The van der Waals surface area contributed by atoms with E-state index in [9.17, 15) is 4.79 Å². The van der Waals surface area contributed by atoms with Crippen LogP contribution in [0, 0.1) is 29.6 Å². The molecule has 3 fully saturated rings. The van der Waals surface area contributed by atoms with Gasteiger partial charge in [0.1, 0.15) is 11.3 Å². The molecule has 5 nitrogen and oxygen atoms in total. The summed E-state index contributed by atoms with van der Waals surface area (Å²) in [7, 11) is 1.84. The molecule has 2 saturated carbocycles. The second-order valence-electron chi connectivity index (χ2n) is 9.63. The monoisotopic (exact) mass is 385 g/mol. The van der Waals surface area contributed by atoms with E-state index in [1.54, 1.807) is 6.20 Å². The van der Waals surface area contributed by atoms with Crippen molar-refractivity contribution in [1.29, 1.82) is 0 Å². The molecule has 28 heavy (non-hydrogen) atoms. The van der Waals surface area contributed by atoms with E-state index in [0.29, 0.717) is 17.5 Å². The van der Waals surface area contributed by atoms with E-state index in [-0.39, 0.29) is 5.60 Å². The molecule has 0 spiro atoms. The minimum atomic E-state index is -0.472. The molecular formula is C23H35N3O2. The van der Waals surface area contributed by atoms with Gasteiger partial charge in [-0.2, -0.15) is 0 Å². The lowest BCUT2D eigenvalue weighted by Gasteiger charge is -2.55. The van der Waals surface area contributed by atoms with Crippen LogP contribution in [0.25, 0.3) is 0 Å². The van der Waals surface area contributed by atoms with Crippen LogP contribution in [0.4, 0.5) is 0 Å². The molecule has 0 radical (unpaired) electrons. The van der Waals surface area contributed by atoms with Crippen LogP contribution >= 0.6 is 0 Å². The Morgan fingerprint density at radius 3 is 2.46 bits per heavy atom. The Kier molecular flexibility index (Phi) is 5.49. The molecule has 2 N–H and O–H groups in total. The normalized spacial score (nSPS) is 38.5. The first-order valence-corrected chi connectivity index (χ1v) is 11.0. The number of aromatic nitrogens is 1. The number of amides is 1. The van der Waals surface area contributed by atoms with E-state index in [1.165, 1.54) is 38.6 Å². The van der Waals surface area contributed by atoms with Crippen LogP contribution in [0.15, 0.2) is 18.3 Å². The summed E-state index contributed by atoms with van der Waals surface area (Å²) in [6.07, 6.45) is 8.06. The molecule has 1 aromatic heterocycles. The molecule has 3 aliphatic rings. The first-order chi connectivity index (χ1) is 13.4. The molecule has 1 aliphatic heterocycles. The molecule has 1 saturated heterocycles. The molecule has 1 aromatic rings. The van der Waals surface area contributed by atoms with Crippen molar-refractivity contribution in [2.45, 2.75) is 51.6 Å². The second-order valence-corrected chi connectivity index (χ2v) is 9.63. The third-order valence-corrected chi connectivity index (χ3v) is 7.97.